The molecule has 0 radical (unpaired) electrons. The van der Waals surface area contributed by atoms with E-state index in [1.807, 2.05) is 6.07 Å². The highest BCUT2D eigenvalue weighted by Crippen LogP contribution is 2.34. The monoisotopic (exact) mass is 275 g/mol. The third-order valence-electron chi connectivity index (χ3n) is 3.75. The average Bonchev–Trinajstić information content (AvgIpc) is 2.42. The molecule has 3 rings (SSSR count). The number of nitrogens with two attached hydrogens (primary N) is 1. The van der Waals surface area contributed by atoms with Crippen molar-refractivity contribution in [2.24, 2.45) is 0 Å². The standard InChI is InChI=1S/C16H15ClFN/c17-15-9-13(18)8-14(16(15)19)12-6-5-10-3-1-2-4-11(10)7-12/h5-9H,1-4,19H2. The Morgan fingerprint density at radius 3 is 2.53 bits per heavy atom. The molecule has 19 heavy (non-hydrogen) atoms. The van der Waals surface area contributed by atoms with Crippen molar-refractivity contribution < 1.29 is 4.39 Å². The molecule has 1 aliphatic rings. The van der Waals surface area contributed by atoms with E-state index in [0.717, 1.165) is 18.4 Å². The molecule has 0 amide bonds. The van der Waals surface area contributed by atoms with E-state index in [1.165, 1.54) is 36.1 Å². The van der Waals surface area contributed by atoms with Crippen LogP contribution in [0.3, 0.4) is 0 Å². The third-order valence-corrected chi connectivity index (χ3v) is 4.07. The number of anilines is 1. The van der Waals surface area contributed by atoms with E-state index >= 15 is 0 Å². The normalized spacial score (nSPS) is 14.2. The second-order valence-electron chi connectivity index (χ2n) is 5.04. The number of nitrogen functional groups attached to an aromatic ring is 1. The van der Waals surface area contributed by atoms with E-state index in [2.05, 4.69) is 12.1 Å². The second kappa shape index (κ2) is 4.86. The number of aryl methyl sites for hydroxylation is 2. The van der Waals surface area contributed by atoms with Crippen molar-refractivity contribution in [1.29, 1.82) is 0 Å². The molecule has 0 bridgehead atoms. The van der Waals surface area contributed by atoms with Crippen LogP contribution in [0.15, 0.2) is 30.3 Å². The van der Waals surface area contributed by atoms with E-state index in [4.69, 9.17) is 17.3 Å². The number of fused-ring (bicyclic) bond motifs is 1. The van der Waals surface area contributed by atoms with Gasteiger partial charge in [0.1, 0.15) is 5.82 Å². The van der Waals surface area contributed by atoms with Gasteiger partial charge in [-0.25, -0.2) is 4.39 Å². The van der Waals surface area contributed by atoms with Gasteiger partial charge >= 0.3 is 0 Å². The van der Waals surface area contributed by atoms with Gasteiger partial charge in [0.05, 0.1) is 10.7 Å². The summed E-state index contributed by atoms with van der Waals surface area (Å²) in [6.07, 6.45) is 4.69. The molecule has 3 heteroatoms. The fraction of sp³-hybridized carbons (Fsp3) is 0.250. The molecule has 0 unspecified atom stereocenters. The van der Waals surface area contributed by atoms with Crippen molar-refractivity contribution in [3.63, 3.8) is 0 Å². The molecule has 1 aliphatic carbocycles. The lowest BCUT2D eigenvalue weighted by Crippen LogP contribution is -2.02. The number of halogens is 2. The fourth-order valence-electron chi connectivity index (χ4n) is 2.72. The SMILES string of the molecule is Nc1c(Cl)cc(F)cc1-c1ccc2c(c1)CCCC2. The van der Waals surface area contributed by atoms with Gasteiger partial charge in [0.2, 0.25) is 0 Å². The second-order valence-corrected chi connectivity index (χ2v) is 5.45. The molecule has 98 valence electrons. The number of rotatable bonds is 1. The number of hydrogen-bond donors (Lipinski definition) is 1. The smallest absolute Gasteiger partial charge is 0.125 e. The Hall–Kier alpha value is -1.54. The summed E-state index contributed by atoms with van der Waals surface area (Å²) < 4.78 is 13.5. The van der Waals surface area contributed by atoms with Gasteiger partial charge in [-0.15, -0.1) is 0 Å². The highest BCUT2D eigenvalue weighted by atomic mass is 35.5. The van der Waals surface area contributed by atoms with Crippen molar-refractivity contribution in [3.05, 3.63) is 52.3 Å². The molecule has 2 aromatic rings. The van der Waals surface area contributed by atoms with Crippen LogP contribution in [0.1, 0.15) is 24.0 Å². The van der Waals surface area contributed by atoms with Crippen LogP contribution in [0.4, 0.5) is 10.1 Å². The van der Waals surface area contributed by atoms with E-state index < -0.39 is 0 Å². The van der Waals surface area contributed by atoms with Gasteiger partial charge in [-0.1, -0.05) is 29.8 Å². The molecule has 0 aliphatic heterocycles. The van der Waals surface area contributed by atoms with Crippen molar-refractivity contribution in [1.82, 2.24) is 0 Å². The molecular weight excluding hydrogens is 261 g/mol. The molecular formula is C16H15ClFN. The van der Waals surface area contributed by atoms with Crippen molar-refractivity contribution in [2.75, 3.05) is 5.73 Å². The Morgan fingerprint density at radius 1 is 1.00 bits per heavy atom. The summed E-state index contributed by atoms with van der Waals surface area (Å²) in [5.41, 5.74) is 10.8. The summed E-state index contributed by atoms with van der Waals surface area (Å²) in [4.78, 5) is 0. The summed E-state index contributed by atoms with van der Waals surface area (Å²) in [6.45, 7) is 0. The topological polar surface area (TPSA) is 26.0 Å². The maximum atomic E-state index is 13.5. The van der Waals surface area contributed by atoms with E-state index in [-0.39, 0.29) is 10.8 Å². The minimum absolute atomic E-state index is 0.271. The Morgan fingerprint density at radius 2 is 1.74 bits per heavy atom. The molecule has 0 spiro atoms. The Labute approximate surface area is 117 Å². The summed E-state index contributed by atoms with van der Waals surface area (Å²) in [6, 6.07) is 8.95. The van der Waals surface area contributed by atoms with Crippen molar-refractivity contribution in [2.45, 2.75) is 25.7 Å². The molecule has 2 aromatic carbocycles. The predicted molar refractivity (Wildman–Crippen MR) is 77.9 cm³/mol. The quantitative estimate of drug-likeness (QED) is 0.756. The van der Waals surface area contributed by atoms with Crippen LogP contribution in [0.5, 0.6) is 0 Å². The Kier molecular flexibility index (Phi) is 3.19. The first-order valence-corrected chi connectivity index (χ1v) is 6.89. The molecule has 0 atom stereocenters. The number of hydrogen-bond acceptors (Lipinski definition) is 1. The van der Waals surface area contributed by atoms with Gasteiger partial charge in [0.15, 0.2) is 0 Å². The van der Waals surface area contributed by atoms with Gasteiger partial charge in [0, 0.05) is 5.56 Å². The lowest BCUT2D eigenvalue weighted by molar-refractivity contribution is 0.628. The molecule has 2 N–H and O–H groups in total. The first kappa shape index (κ1) is 12.5. The minimum Gasteiger partial charge on any atom is -0.397 e. The lowest BCUT2D eigenvalue weighted by atomic mass is 9.89. The largest absolute Gasteiger partial charge is 0.397 e. The molecule has 1 nitrogen and oxygen atoms in total. The van der Waals surface area contributed by atoms with Gasteiger partial charge in [-0.05, 0) is 54.5 Å². The van der Waals surface area contributed by atoms with Crippen LogP contribution in [0.2, 0.25) is 5.02 Å². The summed E-state index contributed by atoms with van der Waals surface area (Å²) in [5, 5.41) is 0.271. The van der Waals surface area contributed by atoms with Crippen molar-refractivity contribution in [3.8, 4) is 11.1 Å². The van der Waals surface area contributed by atoms with Crippen LogP contribution < -0.4 is 5.73 Å². The maximum Gasteiger partial charge on any atom is 0.125 e. The van der Waals surface area contributed by atoms with Gasteiger partial charge in [0.25, 0.3) is 0 Å². The molecule has 0 heterocycles. The minimum atomic E-state index is -0.355. The zero-order valence-electron chi connectivity index (χ0n) is 10.5. The Balaban J connectivity index is 2.12. The van der Waals surface area contributed by atoms with Crippen molar-refractivity contribution >= 4 is 17.3 Å². The zero-order chi connectivity index (χ0) is 13.4. The summed E-state index contributed by atoms with van der Waals surface area (Å²) in [7, 11) is 0. The first-order chi connectivity index (χ1) is 9.15. The molecule has 0 fully saturated rings. The van der Waals surface area contributed by atoms with Gasteiger partial charge in [-0.2, -0.15) is 0 Å². The van der Waals surface area contributed by atoms with Gasteiger partial charge < -0.3 is 5.73 Å². The zero-order valence-corrected chi connectivity index (χ0v) is 11.3. The molecule has 0 saturated carbocycles. The average molecular weight is 276 g/mol. The predicted octanol–water partition coefficient (Wildman–Crippen LogP) is 4.61. The van der Waals surface area contributed by atoms with Crippen LogP contribution in [0.25, 0.3) is 11.1 Å². The first-order valence-electron chi connectivity index (χ1n) is 6.52. The Bertz CT molecular complexity index is 637. The summed E-state index contributed by atoms with van der Waals surface area (Å²) in [5.74, 6) is -0.355. The number of benzene rings is 2. The van der Waals surface area contributed by atoms with Crippen LogP contribution in [-0.2, 0) is 12.8 Å². The molecule has 0 aromatic heterocycles. The fourth-order valence-corrected chi connectivity index (χ4v) is 2.93. The lowest BCUT2D eigenvalue weighted by Gasteiger charge is -2.17. The van der Waals surface area contributed by atoms with E-state index in [0.29, 0.717) is 11.3 Å². The third kappa shape index (κ3) is 2.33. The highest BCUT2D eigenvalue weighted by molar-refractivity contribution is 6.33. The van der Waals surface area contributed by atoms with Crippen LogP contribution in [-0.4, -0.2) is 0 Å². The van der Waals surface area contributed by atoms with Gasteiger partial charge in [-0.3, -0.25) is 0 Å². The van der Waals surface area contributed by atoms with Crippen LogP contribution >= 0.6 is 11.6 Å². The molecule has 0 saturated heterocycles. The van der Waals surface area contributed by atoms with Crippen LogP contribution in [0, 0.1) is 5.82 Å². The highest BCUT2D eigenvalue weighted by Gasteiger charge is 2.13. The van der Waals surface area contributed by atoms with E-state index in [1.54, 1.807) is 0 Å². The maximum absolute atomic E-state index is 13.5. The van der Waals surface area contributed by atoms with E-state index in [9.17, 15) is 4.39 Å². The summed E-state index contributed by atoms with van der Waals surface area (Å²) >= 11 is 5.95.